The largest absolute Gasteiger partial charge is 0.318 e. The first-order valence-electron chi connectivity index (χ1n) is 8.84. The van der Waals surface area contributed by atoms with Crippen LogP contribution in [0.25, 0.3) is 20.4 Å². The molecule has 6 N–H and O–H groups in total. The van der Waals surface area contributed by atoms with Gasteiger partial charge < -0.3 is 22.1 Å². The van der Waals surface area contributed by atoms with E-state index < -0.39 is 22.9 Å². The Labute approximate surface area is 185 Å². The second kappa shape index (κ2) is 7.50. The minimum atomic E-state index is -1.10. The molecule has 160 valence electrons. The number of nitrogens with zero attached hydrogens (tertiary/aromatic N) is 2. The van der Waals surface area contributed by atoms with E-state index in [0.29, 0.717) is 26.0 Å². The lowest BCUT2D eigenvalue weighted by molar-refractivity contribution is -0.120. The average molecular weight is 469 g/mol. The zero-order valence-corrected chi connectivity index (χ0v) is 19.4. The van der Waals surface area contributed by atoms with Crippen LogP contribution in [0.15, 0.2) is 0 Å². The second-order valence-electron chi connectivity index (χ2n) is 7.99. The van der Waals surface area contributed by atoms with Crippen LogP contribution in [-0.2, 0) is 9.59 Å². The molecule has 12 heteroatoms. The molecule has 0 fully saturated rings. The molecule has 0 bridgehead atoms. The number of nitrogens with one attached hydrogen (secondary N) is 2. The van der Waals surface area contributed by atoms with E-state index in [1.54, 1.807) is 27.7 Å². The Kier molecular flexibility index (Phi) is 5.63. The summed E-state index contributed by atoms with van der Waals surface area (Å²) in [5.41, 5.74) is 10.5. The standard InChI is InChI=1S/C18H21ClN6O3S2/c1-6(26)7-11-9(22-15(29-11)24-13(27)17(2,3)20)8(19)10-12(7)30-16(23-10)25-14(28)18(4,5)21/h20-21H2,1-5H3,(H,22,24,27)(H,23,25,28). The van der Waals surface area contributed by atoms with Gasteiger partial charge in [0, 0.05) is 0 Å². The Hall–Kier alpha value is -2.18. The summed E-state index contributed by atoms with van der Waals surface area (Å²) in [7, 11) is 0. The van der Waals surface area contributed by atoms with Crippen LogP contribution in [0.4, 0.5) is 10.3 Å². The van der Waals surface area contributed by atoms with Gasteiger partial charge in [-0.3, -0.25) is 14.4 Å². The van der Waals surface area contributed by atoms with Crippen molar-refractivity contribution in [3.05, 3.63) is 10.6 Å². The van der Waals surface area contributed by atoms with E-state index in [4.69, 9.17) is 23.1 Å². The highest BCUT2D eigenvalue weighted by Crippen LogP contribution is 2.43. The quantitative estimate of drug-likeness (QED) is 0.419. The van der Waals surface area contributed by atoms with Gasteiger partial charge in [0.1, 0.15) is 11.0 Å². The number of rotatable bonds is 5. The molecule has 0 saturated carbocycles. The van der Waals surface area contributed by atoms with Crippen molar-refractivity contribution in [1.82, 2.24) is 9.97 Å². The summed E-state index contributed by atoms with van der Waals surface area (Å²) in [4.78, 5) is 45.6. The zero-order chi connectivity index (χ0) is 22.6. The van der Waals surface area contributed by atoms with Crippen molar-refractivity contribution >= 4 is 82.6 Å². The number of fused-ring (bicyclic) bond motifs is 2. The molecule has 2 aromatic heterocycles. The number of hydrogen-bond donors (Lipinski definition) is 4. The van der Waals surface area contributed by atoms with Gasteiger partial charge in [-0.1, -0.05) is 34.3 Å². The van der Waals surface area contributed by atoms with Crippen molar-refractivity contribution in [3.8, 4) is 0 Å². The number of Topliss-reactive ketones (excluding diaryl/α,β-unsaturated/α-hetero) is 1. The molecule has 2 amide bonds. The summed E-state index contributed by atoms with van der Waals surface area (Å²) >= 11 is 8.77. The van der Waals surface area contributed by atoms with Crippen LogP contribution in [0.5, 0.6) is 0 Å². The molecule has 0 radical (unpaired) electrons. The summed E-state index contributed by atoms with van der Waals surface area (Å²) in [5, 5.41) is 6.07. The third kappa shape index (κ3) is 4.16. The maximum Gasteiger partial charge on any atom is 0.245 e. The number of aromatic nitrogens is 2. The summed E-state index contributed by atoms with van der Waals surface area (Å²) in [6, 6.07) is 0. The third-order valence-electron chi connectivity index (χ3n) is 4.09. The smallest absolute Gasteiger partial charge is 0.245 e. The highest BCUT2D eigenvalue weighted by molar-refractivity contribution is 7.25. The Balaban J connectivity index is 2.16. The molecule has 0 aliphatic rings. The van der Waals surface area contributed by atoms with Crippen LogP contribution >= 0.6 is 34.3 Å². The zero-order valence-electron chi connectivity index (χ0n) is 17.0. The van der Waals surface area contributed by atoms with Crippen LogP contribution < -0.4 is 22.1 Å². The number of ketones is 1. The minimum absolute atomic E-state index is 0.219. The second-order valence-corrected chi connectivity index (χ2v) is 10.4. The summed E-state index contributed by atoms with van der Waals surface area (Å²) in [6.45, 7) is 7.71. The minimum Gasteiger partial charge on any atom is -0.318 e. The topological polar surface area (TPSA) is 153 Å². The van der Waals surface area contributed by atoms with Crippen LogP contribution in [0.3, 0.4) is 0 Å². The monoisotopic (exact) mass is 468 g/mol. The van der Waals surface area contributed by atoms with Gasteiger partial charge >= 0.3 is 0 Å². The highest BCUT2D eigenvalue weighted by Gasteiger charge is 2.28. The van der Waals surface area contributed by atoms with Gasteiger partial charge in [-0.15, -0.1) is 0 Å². The van der Waals surface area contributed by atoms with E-state index in [9.17, 15) is 14.4 Å². The van der Waals surface area contributed by atoms with Gasteiger partial charge in [0.05, 0.1) is 31.1 Å². The molecule has 0 aliphatic carbocycles. The van der Waals surface area contributed by atoms with Gasteiger partial charge in [-0.2, -0.15) is 0 Å². The third-order valence-corrected chi connectivity index (χ3v) is 6.42. The Bertz CT molecular complexity index is 1120. The average Bonchev–Trinajstić information content (AvgIpc) is 3.17. The molecule has 1 aromatic carbocycles. The van der Waals surface area contributed by atoms with Gasteiger partial charge in [-0.25, -0.2) is 9.97 Å². The lowest BCUT2D eigenvalue weighted by Gasteiger charge is -2.16. The van der Waals surface area contributed by atoms with E-state index in [2.05, 4.69) is 20.6 Å². The molecular formula is C18H21ClN6O3S2. The predicted molar refractivity (Wildman–Crippen MR) is 122 cm³/mol. The van der Waals surface area contributed by atoms with Gasteiger partial charge in [-0.05, 0) is 34.6 Å². The number of anilines is 2. The van der Waals surface area contributed by atoms with Crippen molar-refractivity contribution in [3.63, 3.8) is 0 Å². The van der Waals surface area contributed by atoms with Crippen molar-refractivity contribution in [2.45, 2.75) is 45.7 Å². The van der Waals surface area contributed by atoms with E-state index in [-0.39, 0.29) is 21.1 Å². The molecular weight excluding hydrogens is 448 g/mol. The number of hydrogen-bond acceptors (Lipinski definition) is 9. The number of nitrogens with two attached hydrogens (primary N) is 2. The van der Waals surface area contributed by atoms with Crippen molar-refractivity contribution in [2.75, 3.05) is 10.6 Å². The first-order chi connectivity index (χ1) is 13.7. The number of benzene rings is 1. The van der Waals surface area contributed by atoms with E-state index in [1.807, 2.05) is 0 Å². The predicted octanol–water partition coefficient (Wildman–Crippen LogP) is 3.11. The molecule has 0 spiro atoms. The van der Waals surface area contributed by atoms with Crippen molar-refractivity contribution in [1.29, 1.82) is 0 Å². The number of carbonyl (C=O) groups is 3. The Morgan fingerprint density at radius 2 is 1.23 bits per heavy atom. The molecule has 3 rings (SSSR count). The molecule has 0 saturated heterocycles. The van der Waals surface area contributed by atoms with Crippen LogP contribution in [0, 0.1) is 0 Å². The highest BCUT2D eigenvalue weighted by atomic mass is 35.5. The first kappa shape index (κ1) is 22.5. The number of halogens is 1. The van der Waals surface area contributed by atoms with E-state index in [0.717, 1.165) is 22.7 Å². The molecule has 3 aromatic rings. The maximum atomic E-state index is 12.5. The van der Waals surface area contributed by atoms with Gasteiger partial charge in [0.15, 0.2) is 16.0 Å². The summed E-state index contributed by atoms with van der Waals surface area (Å²) in [5.74, 6) is -1.06. The fourth-order valence-corrected chi connectivity index (χ4v) is 5.02. The lowest BCUT2D eigenvalue weighted by atomic mass is 10.1. The van der Waals surface area contributed by atoms with Gasteiger partial charge in [0.2, 0.25) is 11.8 Å². The molecule has 9 nitrogen and oxygen atoms in total. The van der Waals surface area contributed by atoms with E-state index >= 15 is 0 Å². The summed E-state index contributed by atoms with van der Waals surface area (Å²) in [6.07, 6.45) is 0. The van der Waals surface area contributed by atoms with Crippen molar-refractivity contribution in [2.24, 2.45) is 11.5 Å². The van der Waals surface area contributed by atoms with Crippen LogP contribution in [-0.4, -0.2) is 38.6 Å². The summed E-state index contributed by atoms with van der Waals surface area (Å²) < 4.78 is 1.04. The number of carbonyl (C=O) groups excluding carboxylic acids is 3. The molecule has 0 unspecified atom stereocenters. The lowest BCUT2D eigenvalue weighted by Crippen LogP contribution is -2.45. The van der Waals surface area contributed by atoms with Gasteiger partial charge in [0.25, 0.3) is 0 Å². The Morgan fingerprint density at radius 1 is 0.867 bits per heavy atom. The Morgan fingerprint density at radius 3 is 1.53 bits per heavy atom. The van der Waals surface area contributed by atoms with Crippen LogP contribution in [0.2, 0.25) is 5.02 Å². The number of amides is 2. The fraction of sp³-hybridized carbons (Fsp3) is 0.389. The first-order valence-corrected chi connectivity index (χ1v) is 10.9. The maximum absolute atomic E-state index is 12.5. The van der Waals surface area contributed by atoms with E-state index in [1.165, 1.54) is 6.92 Å². The molecule has 2 heterocycles. The number of thiazole rings is 2. The fourth-order valence-electron chi connectivity index (χ4n) is 2.44. The van der Waals surface area contributed by atoms with Crippen LogP contribution in [0.1, 0.15) is 45.0 Å². The molecule has 0 aliphatic heterocycles. The SMILES string of the molecule is CC(=O)c1c2sc(NC(=O)C(C)(C)N)nc2c(Cl)c2nc(NC(=O)C(C)(C)N)sc12. The normalized spacial score (nSPS) is 12.4. The molecule has 0 atom stereocenters. The van der Waals surface area contributed by atoms with Crippen molar-refractivity contribution < 1.29 is 14.4 Å². The molecule has 30 heavy (non-hydrogen) atoms.